The van der Waals surface area contributed by atoms with Crippen molar-refractivity contribution in [3.8, 4) is 5.75 Å². The van der Waals surface area contributed by atoms with Crippen molar-refractivity contribution in [1.29, 1.82) is 0 Å². The molecule has 0 radical (unpaired) electrons. The summed E-state index contributed by atoms with van der Waals surface area (Å²) in [4.78, 5) is 12.2. The lowest BCUT2D eigenvalue weighted by Crippen LogP contribution is -2.28. The van der Waals surface area contributed by atoms with Gasteiger partial charge in [0.1, 0.15) is 5.75 Å². The van der Waals surface area contributed by atoms with E-state index >= 15 is 0 Å². The number of halogens is 4. The summed E-state index contributed by atoms with van der Waals surface area (Å²) in [5, 5.41) is 5.81. The smallest absolute Gasteiger partial charge is 0.406 e. The first-order valence-electron chi connectivity index (χ1n) is 7.77. The van der Waals surface area contributed by atoms with E-state index in [-0.39, 0.29) is 36.2 Å². The lowest BCUT2D eigenvalue weighted by atomic mass is 9.89. The number of alkyl halides is 3. The van der Waals surface area contributed by atoms with E-state index in [1.165, 1.54) is 13.2 Å². The van der Waals surface area contributed by atoms with Crippen molar-refractivity contribution in [3.05, 3.63) is 29.3 Å². The van der Waals surface area contributed by atoms with Crippen molar-refractivity contribution < 1.29 is 27.4 Å². The Morgan fingerprint density at radius 3 is 2.56 bits per heavy atom. The zero-order valence-electron chi connectivity index (χ0n) is 13.8. The normalized spacial score (nSPS) is 15.4. The maximum absolute atomic E-state index is 12.5. The summed E-state index contributed by atoms with van der Waals surface area (Å²) in [5.74, 6) is -0.709. The Hall–Kier alpha value is -1.51. The van der Waals surface area contributed by atoms with Crippen molar-refractivity contribution in [2.24, 2.45) is 0 Å². The lowest BCUT2D eigenvalue weighted by molar-refractivity contribution is -0.274. The van der Waals surface area contributed by atoms with Gasteiger partial charge in [0, 0.05) is 19.2 Å². The molecule has 0 aliphatic carbocycles. The van der Waals surface area contributed by atoms with Gasteiger partial charge in [0.05, 0.1) is 6.61 Å². The summed E-state index contributed by atoms with van der Waals surface area (Å²) in [6.45, 7) is 2.20. The molecule has 1 aliphatic heterocycles. The van der Waals surface area contributed by atoms with Crippen LogP contribution in [0.1, 0.15) is 34.7 Å². The van der Waals surface area contributed by atoms with Crippen LogP contribution in [0.15, 0.2) is 18.2 Å². The Kier molecular flexibility index (Phi) is 8.47. The number of hydrogen-bond acceptors (Lipinski definition) is 4. The molecule has 1 aliphatic rings. The van der Waals surface area contributed by atoms with Crippen molar-refractivity contribution in [3.63, 3.8) is 0 Å². The van der Waals surface area contributed by atoms with Crippen LogP contribution in [0.2, 0.25) is 0 Å². The van der Waals surface area contributed by atoms with Gasteiger partial charge < -0.3 is 20.1 Å². The number of benzene rings is 1. The molecule has 5 nitrogen and oxygen atoms in total. The average molecular weight is 383 g/mol. The molecule has 25 heavy (non-hydrogen) atoms. The topological polar surface area (TPSA) is 59.6 Å². The Bertz CT molecular complexity index is 564. The Balaban J connectivity index is 0.00000312. The highest BCUT2D eigenvalue weighted by Crippen LogP contribution is 2.31. The number of hydrogen-bond donors (Lipinski definition) is 2. The molecule has 1 aromatic carbocycles. The predicted molar refractivity (Wildman–Crippen MR) is 89.4 cm³/mol. The quantitative estimate of drug-likeness (QED) is 0.743. The van der Waals surface area contributed by atoms with Crippen molar-refractivity contribution in [1.82, 2.24) is 10.6 Å². The predicted octanol–water partition coefficient (Wildman–Crippen LogP) is 2.85. The zero-order valence-corrected chi connectivity index (χ0v) is 14.6. The summed E-state index contributed by atoms with van der Waals surface area (Å²) in [7, 11) is 1.50. The van der Waals surface area contributed by atoms with Crippen LogP contribution in [-0.2, 0) is 4.74 Å². The second-order valence-corrected chi connectivity index (χ2v) is 5.61. The lowest BCUT2D eigenvalue weighted by Gasteiger charge is -2.24. The van der Waals surface area contributed by atoms with Gasteiger partial charge in [-0.2, -0.15) is 0 Å². The third-order valence-electron chi connectivity index (χ3n) is 3.83. The summed E-state index contributed by atoms with van der Waals surface area (Å²) >= 11 is 0. The molecule has 0 aromatic heterocycles. The van der Waals surface area contributed by atoms with Gasteiger partial charge in [-0.25, -0.2) is 0 Å². The molecule has 1 aromatic rings. The third kappa shape index (κ3) is 7.09. The van der Waals surface area contributed by atoms with E-state index < -0.39 is 12.3 Å². The van der Waals surface area contributed by atoms with Gasteiger partial charge in [0.25, 0.3) is 5.91 Å². The molecule has 1 saturated heterocycles. The average Bonchev–Trinajstić information content (AvgIpc) is 2.54. The van der Waals surface area contributed by atoms with Crippen LogP contribution in [0.3, 0.4) is 0 Å². The number of nitrogens with one attached hydrogen (secondary N) is 2. The molecule has 1 fully saturated rings. The highest BCUT2D eigenvalue weighted by atomic mass is 35.5. The van der Waals surface area contributed by atoms with Crippen LogP contribution in [0.5, 0.6) is 5.75 Å². The van der Waals surface area contributed by atoms with Crippen LogP contribution >= 0.6 is 12.4 Å². The van der Waals surface area contributed by atoms with Gasteiger partial charge in [0.2, 0.25) is 0 Å². The second-order valence-electron chi connectivity index (χ2n) is 5.61. The van der Waals surface area contributed by atoms with Gasteiger partial charge in [0.15, 0.2) is 0 Å². The van der Waals surface area contributed by atoms with E-state index in [2.05, 4.69) is 15.4 Å². The maximum atomic E-state index is 12.5. The monoisotopic (exact) mass is 382 g/mol. The minimum Gasteiger partial charge on any atom is -0.406 e. The molecular weight excluding hydrogens is 361 g/mol. The number of carbonyl (C=O) groups is 1. The SMILES string of the molecule is COCCNC(=O)c1cc(OC(F)(F)F)cc(C2CCNCC2)c1.Cl. The molecule has 0 saturated carbocycles. The highest BCUT2D eigenvalue weighted by molar-refractivity contribution is 5.94. The molecule has 0 unspecified atom stereocenters. The Labute approximate surface area is 150 Å². The van der Waals surface area contributed by atoms with Gasteiger partial charge in [-0.05, 0) is 55.6 Å². The number of ether oxygens (including phenoxy) is 2. The third-order valence-corrected chi connectivity index (χ3v) is 3.83. The Morgan fingerprint density at radius 1 is 1.28 bits per heavy atom. The van der Waals surface area contributed by atoms with E-state index in [0.29, 0.717) is 12.2 Å². The molecule has 2 N–H and O–H groups in total. The summed E-state index contributed by atoms with van der Waals surface area (Å²) < 4.78 is 46.5. The van der Waals surface area contributed by atoms with E-state index in [1.54, 1.807) is 6.07 Å². The largest absolute Gasteiger partial charge is 0.573 e. The van der Waals surface area contributed by atoms with Crippen LogP contribution < -0.4 is 15.4 Å². The van der Waals surface area contributed by atoms with Crippen LogP contribution in [0.25, 0.3) is 0 Å². The van der Waals surface area contributed by atoms with Gasteiger partial charge >= 0.3 is 6.36 Å². The fourth-order valence-corrected chi connectivity index (χ4v) is 2.71. The van der Waals surface area contributed by atoms with E-state index in [9.17, 15) is 18.0 Å². The number of methoxy groups -OCH3 is 1. The number of rotatable bonds is 6. The van der Waals surface area contributed by atoms with E-state index in [4.69, 9.17) is 4.74 Å². The van der Waals surface area contributed by atoms with E-state index in [0.717, 1.165) is 32.0 Å². The molecule has 142 valence electrons. The van der Waals surface area contributed by atoms with Crippen molar-refractivity contribution >= 4 is 18.3 Å². The molecule has 0 spiro atoms. The first-order valence-corrected chi connectivity index (χ1v) is 7.77. The molecule has 0 bridgehead atoms. The highest BCUT2D eigenvalue weighted by Gasteiger charge is 2.32. The maximum Gasteiger partial charge on any atom is 0.573 e. The molecule has 1 heterocycles. The fraction of sp³-hybridized carbons (Fsp3) is 0.562. The molecule has 0 atom stereocenters. The van der Waals surface area contributed by atoms with Gasteiger partial charge in [-0.1, -0.05) is 0 Å². The molecule has 2 rings (SSSR count). The first-order chi connectivity index (χ1) is 11.4. The second kappa shape index (κ2) is 9.84. The van der Waals surface area contributed by atoms with Crippen LogP contribution in [0, 0.1) is 0 Å². The Morgan fingerprint density at radius 2 is 1.96 bits per heavy atom. The van der Waals surface area contributed by atoms with Crippen molar-refractivity contribution in [2.75, 3.05) is 33.4 Å². The summed E-state index contributed by atoms with van der Waals surface area (Å²) in [5.41, 5.74) is 0.844. The number of piperidine rings is 1. The van der Waals surface area contributed by atoms with Gasteiger partial charge in [-0.15, -0.1) is 25.6 Å². The van der Waals surface area contributed by atoms with Crippen molar-refractivity contribution in [2.45, 2.75) is 25.1 Å². The van der Waals surface area contributed by atoms with E-state index in [1.807, 2.05) is 0 Å². The fourth-order valence-electron chi connectivity index (χ4n) is 2.71. The molecule has 9 heteroatoms. The van der Waals surface area contributed by atoms with Gasteiger partial charge in [-0.3, -0.25) is 4.79 Å². The summed E-state index contributed by atoms with van der Waals surface area (Å²) in [6.07, 6.45) is -3.18. The minimum atomic E-state index is -4.80. The number of amides is 1. The number of carbonyl (C=O) groups excluding carboxylic acids is 1. The summed E-state index contributed by atoms with van der Waals surface area (Å²) in [6, 6.07) is 4.12. The zero-order chi connectivity index (χ0) is 17.6. The minimum absolute atomic E-state index is 0. The first kappa shape index (κ1) is 21.5. The molecular formula is C16H22ClF3N2O3. The van der Waals surface area contributed by atoms with Crippen LogP contribution in [0.4, 0.5) is 13.2 Å². The standard InChI is InChI=1S/C16H21F3N2O3.ClH/c1-23-7-6-21-15(22)13-8-12(11-2-4-20-5-3-11)9-14(10-13)24-16(17,18)19;/h8-11,20H,2-7H2,1H3,(H,21,22);1H. The van der Waals surface area contributed by atoms with Crippen LogP contribution in [-0.4, -0.2) is 45.6 Å². The molecule has 1 amide bonds.